The summed E-state index contributed by atoms with van der Waals surface area (Å²) in [7, 11) is 0. The fourth-order valence-corrected chi connectivity index (χ4v) is 2.92. The van der Waals surface area contributed by atoms with Gasteiger partial charge in [-0.2, -0.15) is 5.26 Å². The van der Waals surface area contributed by atoms with Gasteiger partial charge in [-0.15, -0.1) is 0 Å². The number of anilines is 2. The van der Waals surface area contributed by atoms with Crippen LogP contribution in [0.25, 0.3) is 0 Å². The second kappa shape index (κ2) is 6.42. The van der Waals surface area contributed by atoms with Crippen molar-refractivity contribution in [2.45, 2.75) is 39.0 Å². The molecule has 102 valence electrons. The van der Waals surface area contributed by atoms with Crippen molar-refractivity contribution in [2.24, 2.45) is 11.8 Å². The number of aromatic nitrogens is 1. The first-order valence-electron chi connectivity index (χ1n) is 7.08. The van der Waals surface area contributed by atoms with Crippen LogP contribution in [-0.2, 0) is 0 Å². The van der Waals surface area contributed by atoms with Crippen molar-refractivity contribution in [1.82, 2.24) is 4.98 Å². The van der Waals surface area contributed by atoms with Gasteiger partial charge in [0.1, 0.15) is 11.9 Å². The fraction of sp³-hybridized carbons (Fsp3) is 0.600. The van der Waals surface area contributed by atoms with Crippen molar-refractivity contribution in [2.75, 3.05) is 17.6 Å². The molecule has 4 heteroatoms. The van der Waals surface area contributed by atoms with Crippen molar-refractivity contribution >= 4 is 11.5 Å². The predicted octanol–water partition coefficient (Wildman–Crippen LogP) is 3.16. The Labute approximate surface area is 115 Å². The zero-order chi connectivity index (χ0) is 13.7. The van der Waals surface area contributed by atoms with Crippen LogP contribution in [0.4, 0.5) is 11.5 Å². The molecule has 0 aromatic carbocycles. The van der Waals surface area contributed by atoms with E-state index in [9.17, 15) is 0 Å². The monoisotopic (exact) mass is 258 g/mol. The molecule has 1 aromatic heterocycles. The Bertz CT molecular complexity index is 464. The number of hydrogen-bond donors (Lipinski definition) is 2. The molecule has 4 nitrogen and oxygen atoms in total. The van der Waals surface area contributed by atoms with Crippen LogP contribution in [0.5, 0.6) is 0 Å². The van der Waals surface area contributed by atoms with Crippen LogP contribution in [-0.4, -0.2) is 11.5 Å². The fourth-order valence-electron chi connectivity index (χ4n) is 2.92. The number of rotatable bonds is 4. The van der Waals surface area contributed by atoms with E-state index >= 15 is 0 Å². The Morgan fingerprint density at radius 1 is 1.53 bits per heavy atom. The summed E-state index contributed by atoms with van der Waals surface area (Å²) >= 11 is 0. The van der Waals surface area contributed by atoms with Crippen LogP contribution in [0, 0.1) is 23.2 Å². The maximum Gasteiger partial charge on any atom is 0.144 e. The molecule has 0 bridgehead atoms. The van der Waals surface area contributed by atoms with Gasteiger partial charge in [-0.3, -0.25) is 0 Å². The van der Waals surface area contributed by atoms with E-state index in [-0.39, 0.29) is 0 Å². The Kier molecular flexibility index (Phi) is 4.62. The van der Waals surface area contributed by atoms with Gasteiger partial charge in [-0.05, 0) is 30.7 Å². The summed E-state index contributed by atoms with van der Waals surface area (Å²) in [5.74, 6) is 2.33. The lowest BCUT2D eigenvalue weighted by atomic mass is 9.81. The van der Waals surface area contributed by atoms with E-state index in [0.717, 1.165) is 24.8 Å². The minimum absolute atomic E-state index is 0.525. The number of pyridine rings is 1. The molecule has 2 atom stereocenters. The lowest BCUT2D eigenvalue weighted by Gasteiger charge is -2.26. The first-order chi connectivity index (χ1) is 9.19. The Balaban J connectivity index is 1.84. The van der Waals surface area contributed by atoms with Crippen molar-refractivity contribution in [3.63, 3.8) is 0 Å². The Morgan fingerprint density at radius 3 is 3.11 bits per heavy atom. The van der Waals surface area contributed by atoms with Gasteiger partial charge in [0.05, 0.1) is 17.4 Å². The molecule has 3 N–H and O–H groups in total. The first kappa shape index (κ1) is 13.7. The molecule has 1 fully saturated rings. The molecular formula is C15H22N4. The molecule has 1 saturated carbocycles. The highest BCUT2D eigenvalue weighted by Gasteiger charge is 2.18. The molecule has 2 rings (SSSR count). The molecule has 1 aliphatic carbocycles. The van der Waals surface area contributed by atoms with Gasteiger partial charge >= 0.3 is 0 Å². The van der Waals surface area contributed by atoms with E-state index in [0.29, 0.717) is 17.1 Å². The van der Waals surface area contributed by atoms with Crippen LogP contribution in [0.1, 0.15) is 44.6 Å². The van der Waals surface area contributed by atoms with Gasteiger partial charge in [0.25, 0.3) is 0 Å². The van der Waals surface area contributed by atoms with Gasteiger partial charge in [-0.1, -0.05) is 26.2 Å². The van der Waals surface area contributed by atoms with Gasteiger partial charge in [-0.25, -0.2) is 4.98 Å². The third-order valence-corrected chi connectivity index (χ3v) is 3.92. The average Bonchev–Trinajstić information content (AvgIpc) is 2.40. The number of nitrogens with two attached hydrogens (primary N) is 1. The average molecular weight is 258 g/mol. The first-order valence-corrected chi connectivity index (χ1v) is 7.08. The molecule has 1 aromatic rings. The number of hydrogen-bond acceptors (Lipinski definition) is 4. The van der Waals surface area contributed by atoms with Crippen molar-refractivity contribution in [3.8, 4) is 6.07 Å². The number of nitrogens with one attached hydrogen (secondary N) is 1. The summed E-state index contributed by atoms with van der Waals surface area (Å²) in [5, 5.41) is 12.3. The Hall–Kier alpha value is -1.76. The minimum Gasteiger partial charge on any atom is -0.397 e. The molecule has 0 radical (unpaired) electrons. The molecule has 1 aliphatic rings. The van der Waals surface area contributed by atoms with Gasteiger partial charge in [0.15, 0.2) is 0 Å². The van der Waals surface area contributed by atoms with E-state index in [1.165, 1.54) is 25.7 Å². The van der Waals surface area contributed by atoms with Crippen LogP contribution in [0.15, 0.2) is 12.3 Å². The second-order valence-electron chi connectivity index (χ2n) is 5.63. The minimum atomic E-state index is 0.525. The summed E-state index contributed by atoms with van der Waals surface area (Å²) in [6.45, 7) is 3.22. The SMILES string of the molecule is CC1CCCC(CCNc2ncc(N)cc2C#N)C1. The normalized spacial score (nSPS) is 22.7. The molecule has 1 heterocycles. The van der Waals surface area contributed by atoms with Gasteiger partial charge in [0.2, 0.25) is 0 Å². The molecule has 0 aliphatic heterocycles. The van der Waals surface area contributed by atoms with Crippen LogP contribution < -0.4 is 11.1 Å². The zero-order valence-electron chi connectivity index (χ0n) is 11.5. The highest BCUT2D eigenvalue weighted by molar-refractivity contribution is 5.57. The number of nitrogen functional groups attached to an aromatic ring is 1. The summed E-state index contributed by atoms with van der Waals surface area (Å²) in [6, 6.07) is 3.79. The number of nitriles is 1. The maximum absolute atomic E-state index is 9.04. The smallest absolute Gasteiger partial charge is 0.144 e. The molecular weight excluding hydrogens is 236 g/mol. The quantitative estimate of drug-likeness (QED) is 0.869. The van der Waals surface area contributed by atoms with Crippen LogP contribution >= 0.6 is 0 Å². The van der Waals surface area contributed by atoms with Crippen molar-refractivity contribution < 1.29 is 0 Å². The van der Waals surface area contributed by atoms with Gasteiger partial charge in [0, 0.05) is 6.54 Å². The van der Waals surface area contributed by atoms with E-state index in [1.807, 2.05) is 0 Å². The predicted molar refractivity (Wildman–Crippen MR) is 77.6 cm³/mol. The molecule has 19 heavy (non-hydrogen) atoms. The molecule has 0 spiro atoms. The third-order valence-electron chi connectivity index (χ3n) is 3.92. The van der Waals surface area contributed by atoms with E-state index in [4.69, 9.17) is 11.0 Å². The lowest BCUT2D eigenvalue weighted by Crippen LogP contribution is -2.17. The standard InChI is InChI=1S/C15H22N4/c1-11-3-2-4-12(7-11)5-6-18-15-13(9-16)8-14(17)10-19-15/h8,10-12H,2-7,17H2,1H3,(H,18,19). The topological polar surface area (TPSA) is 74.7 Å². The van der Waals surface area contributed by atoms with E-state index < -0.39 is 0 Å². The van der Waals surface area contributed by atoms with E-state index in [1.54, 1.807) is 12.3 Å². The molecule has 0 amide bonds. The van der Waals surface area contributed by atoms with Crippen LogP contribution in [0.2, 0.25) is 0 Å². The molecule has 0 saturated heterocycles. The van der Waals surface area contributed by atoms with Gasteiger partial charge < -0.3 is 11.1 Å². The summed E-state index contributed by atoms with van der Waals surface area (Å²) in [6.07, 6.45) is 8.15. The zero-order valence-corrected chi connectivity index (χ0v) is 11.5. The summed E-state index contributed by atoms with van der Waals surface area (Å²) in [4.78, 5) is 4.19. The third kappa shape index (κ3) is 3.85. The molecule has 2 unspecified atom stereocenters. The maximum atomic E-state index is 9.04. The largest absolute Gasteiger partial charge is 0.397 e. The van der Waals surface area contributed by atoms with Crippen molar-refractivity contribution in [1.29, 1.82) is 5.26 Å². The number of nitrogens with zero attached hydrogens (tertiary/aromatic N) is 2. The second-order valence-corrected chi connectivity index (χ2v) is 5.63. The summed E-state index contributed by atoms with van der Waals surface area (Å²) < 4.78 is 0. The van der Waals surface area contributed by atoms with Crippen molar-refractivity contribution in [3.05, 3.63) is 17.8 Å². The Morgan fingerprint density at radius 2 is 2.37 bits per heavy atom. The lowest BCUT2D eigenvalue weighted by molar-refractivity contribution is 0.274. The summed E-state index contributed by atoms with van der Waals surface area (Å²) in [5.41, 5.74) is 6.68. The van der Waals surface area contributed by atoms with E-state index in [2.05, 4.69) is 23.3 Å². The highest BCUT2D eigenvalue weighted by Crippen LogP contribution is 2.30. The highest BCUT2D eigenvalue weighted by atomic mass is 15.0. The van der Waals surface area contributed by atoms with Crippen LogP contribution in [0.3, 0.4) is 0 Å².